The maximum absolute atomic E-state index is 10.6. The highest BCUT2D eigenvalue weighted by atomic mass is 16.5. The van der Waals surface area contributed by atoms with Gasteiger partial charge in [-0.2, -0.15) is 0 Å². The molecule has 2 atom stereocenters. The van der Waals surface area contributed by atoms with E-state index in [-0.39, 0.29) is 0 Å². The number of nitrogens with one attached hydrogen (secondary N) is 1. The zero-order chi connectivity index (χ0) is 12.8. The van der Waals surface area contributed by atoms with E-state index in [2.05, 4.69) is 5.32 Å². The molecule has 0 saturated heterocycles. The van der Waals surface area contributed by atoms with E-state index < -0.39 is 5.60 Å². The summed E-state index contributed by atoms with van der Waals surface area (Å²) in [7, 11) is 1.81. The van der Waals surface area contributed by atoms with Crippen LogP contribution >= 0.6 is 0 Å². The van der Waals surface area contributed by atoms with Gasteiger partial charge in [0.15, 0.2) is 0 Å². The van der Waals surface area contributed by atoms with Gasteiger partial charge in [0.05, 0.1) is 11.7 Å². The lowest BCUT2D eigenvalue weighted by atomic mass is 9.90. The van der Waals surface area contributed by atoms with Gasteiger partial charge in [-0.3, -0.25) is 0 Å². The summed E-state index contributed by atoms with van der Waals surface area (Å²) in [5.74, 6) is 0. The van der Waals surface area contributed by atoms with Crippen LogP contribution in [-0.4, -0.2) is 36.5 Å². The van der Waals surface area contributed by atoms with Crippen molar-refractivity contribution in [1.82, 2.24) is 5.32 Å². The molecule has 0 spiro atoms. The van der Waals surface area contributed by atoms with Crippen LogP contribution in [0.1, 0.15) is 64.2 Å². The maximum atomic E-state index is 10.6. The highest BCUT2D eigenvalue weighted by Gasteiger charge is 2.31. The van der Waals surface area contributed by atoms with Crippen LogP contribution in [0.3, 0.4) is 0 Å². The van der Waals surface area contributed by atoms with Crippen molar-refractivity contribution in [2.45, 2.75) is 82.0 Å². The van der Waals surface area contributed by atoms with E-state index in [1.165, 1.54) is 44.9 Å². The molecule has 2 rings (SSSR count). The number of hydrogen-bond donors (Lipinski definition) is 2. The minimum atomic E-state index is -0.466. The Balaban J connectivity index is 1.81. The Morgan fingerprint density at radius 2 is 1.72 bits per heavy atom. The van der Waals surface area contributed by atoms with E-state index in [0.29, 0.717) is 12.1 Å². The predicted octanol–water partition coefficient (Wildman–Crippen LogP) is 2.62. The molecular formula is C15H29NO2. The van der Waals surface area contributed by atoms with E-state index in [9.17, 15) is 5.11 Å². The Kier molecular flexibility index (Phi) is 5.46. The van der Waals surface area contributed by atoms with Gasteiger partial charge in [0.1, 0.15) is 0 Å². The molecule has 2 saturated carbocycles. The Hall–Kier alpha value is -0.120. The third-order valence-electron chi connectivity index (χ3n) is 4.73. The average Bonchev–Trinajstić information content (AvgIpc) is 2.62. The minimum Gasteiger partial charge on any atom is -0.389 e. The lowest BCUT2D eigenvalue weighted by molar-refractivity contribution is 0.00179. The van der Waals surface area contributed by atoms with Gasteiger partial charge in [-0.1, -0.05) is 38.5 Å². The van der Waals surface area contributed by atoms with Gasteiger partial charge in [-0.25, -0.2) is 0 Å². The number of rotatable bonds is 4. The second kappa shape index (κ2) is 6.88. The van der Waals surface area contributed by atoms with Crippen molar-refractivity contribution in [2.24, 2.45) is 0 Å². The van der Waals surface area contributed by atoms with E-state index in [1.807, 2.05) is 7.11 Å². The highest BCUT2D eigenvalue weighted by molar-refractivity contribution is 4.88. The monoisotopic (exact) mass is 255 g/mol. The minimum absolute atomic E-state index is 0.341. The molecule has 0 aromatic rings. The molecule has 0 aliphatic heterocycles. The molecule has 3 heteroatoms. The van der Waals surface area contributed by atoms with Crippen molar-refractivity contribution in [3.05, 3.63) is 0 Å². The number of methoxy groups -OCH3 is 1. The summed E-state index contributed by atoms with van der Waals surface area (Å²) in [5, 5.41) is 14.2. The van der Waals surface area contributed by atoms with Crippen molar-refractivity contribution < 1.29 is 9.84 Å². The van der Waals surface area contributed by atoms with Crippen LogP contribution < -0.4 is 5.32 Å². The van der Waals surface area contributed by atoms with Crippen LogP contribution in [-0.2, 0) is 4.74 Å². The van der Waals surface area contributed by atoms with Gasteiger partial charge in [0.2, 0.25) is 0 Å². The molecule has 18 heavy (non-hydrogen) atoms. The molecule has 106 valence electrons. The standard InChI is InChI=1S/C15H29NO2/c1-18-14-9-5-4-8-13(14)16-12-15(17)10-6-2-3-7-11-15/h13-14,16-17H,2-12H2,1H3. The Bertz CT molecular complexity index is 237. The summed E-state index contributed by atoms with van der Waals surface area (Å²) in [4.78, 5) is 0. The van der Waals surface area contributed by atoms with Crippen LogP contribution in [0.25, 0.3) is 0 Å². The van der Waals surface area contributed by atoms with Gasteiger partial charge in [-0.15, -0.1) is 0 Å². The van der Waals surface area contributed by atoms with Crippen LogP contribution in [0.5, 0.6) is 0 Å². The lowest BCUT2D eigenvalue weighted by Crippen LogP contribution is -2.50. The molecule has 0 radical (unpaired) electrons. The molecule has 0 amide bonds. The number of hydrogen-bond acceptors (Lipinski definition) is 3. The average molecular weight is 255 g/mol. The van der Waals surface area contributed by atoms with Crippen molar-refractivity contribution in [3.63, 3.8) is 0 Å². The normalized spacial score (nSPS) is 33.0. The molecule has 0 bridgehead atoms. The van der Waals surface area contributed by atoms with Crippen LogP contribution in [0.2, 0.25) is 0 Å². The Morgan fingerprint density at radius 1 is 1.06 bits per heavy atom. The first-order valence-electron chi connectivity index (χ1n) is 7.72. The molecule has 0 heterocycles. The zero-order valence-corrected chi connectivity index (χ0v) is 11.8. The summed E-state index contributed by atoms with van der Waals surface area (Å²) in [6.45, 7) is 0.748. The summed E-state index contributed by atoms with van der Waals surface area (Å²) in [6, 6.07) is 0.441. The molecule has 2 unspecified atom stereocenters. The summed E-state index contributed by atoms with van der Waals surface area (Å²) >= 11 is 0. The summed E-state index contributed by atoms with van der Waals surface area (Å²) < 4.78 is 5.56. The summed E-state index contributed by atoms with van der Waals surface area (Å²) in [6.07, 6.45) is 12.1. The number of ether oxygens (including phenoxy) is 1. The second-order valence-corrected chi connectivity index (χ2v) is 6.18. The van der Waals surface area contributed by atoms with E-state index in [1.54, 1.807) is 0 Å². The Morgan fingerprint density at radius 3 is 2.39 bits per heavy atom. The van der Waals surface area contributed by atoms with Gasteiger partial charge in [0.25, 0.3) is 0 Å². The first kappa shape index (κ1) is 14.3. The molecule has 0 aromatic carbocycles. The third kappa shape index (κ3) is 3.94. The van der Waals surface area contributed by atoms with Gasteiger partial charge < -0.3 is 15.2 Å². The predicted molar refractivity (Wildman–Crippen MR) is 73.7 cm³/mol. The molecule has 2 N–H and O–H groups in total. The third-order valence-corrected chi connectivity index (χ3v) is 4.73. The molecule has 2 aliphatic carbocycles. The van der Waals surface area contributed by atoms with Crippen LogP contribution in [0.4, 0.5) is 0 Å². The topological polar surface area (TPSA) is 41.5 Å². The molecule has 2 aliphatic rings. The van der Waals surface area contributed by atoms with Crippen LogP contribution in [0.15, 0.2) is 0 Å². The largest absolute Gasteiger partial charge is 0.389 e. The lowest BCUT2D eigenvalue weighted by Gasteiger charge is -2.35. The molecule has 2 fully saturated rings. The smallest absolute Gasteiger partial charge is 0.0771 e. The SMILES string of the molecule is COC1CCCCC1NCC1(O)CCCCCC1. The fraction of sp³-hybridized carbons (Fsp3) is 1.00. The van der Waals surface area contributed by atoms with E-state index >= 15 is 0 Å². The Labute approximate surface area is 111 Å². The van der Waals surface area contributed by atoms with Crippen molar-refractivity contribution in [1.29, 1.82) is 0 Å². The number of aliphatic hydroxyl groups is 1. The van der Waals surface area contributed by atoms with Crippen molar-refractivity contribution >= 4 is 0 Å². The quantitative estimate of drug-likeness (QED) is 0.759. The first-order valence-corrected chi connectivity index (χ1v) is 7.72. The van der Waals surface area contributed by atoms with Gasteiger partial charge >= 0.3 is 0 Å². The first-order chi connectivity index (χ1) is 8.73. The summed E-state index contributed by atoms with van der Waals surface area (Å²) in [5.41, 5.74) is -0.466. The second-order valence-electron chi connectivity index (χ2n) is 6.18. The van der Waals surface area contributed by atoms with Crippen molar-refractivity contribution in [3.8, 4) is 0 Å². The van der Waals surface area contributed by atoms with E-state index in [4.69, 9.17) is 4.74 Å². The van der Waals surface area contributed by atoms with E-state index in [0.717, 1.165) is 25.8 Å². The van der Waals surface area contributed by atoms with Crippen LogP contribution in [0, 0.1) is 0 Å². The fourth-order valence-corrected chi connectivity index (χ4v) is 3.50. The van der Waals surface area contributed by atoms with Gasteiger partial charge in [0, 0.05) is 19.7 Å². The maximum Gasteiger partial charge on any atom is 0.0771 e. The van der Waals surface area contributed by atoms with Crippen molar-refractivity contribution in [2.75, 3.05) is 13.7 Å². The highest BCUT2D eigenvalue weighted by Crippen LogP contribution is 2.27. The molecular weight excluding hydrogens is 226 g/mol. The zero-order valence-electron chi connectivity index (χ0n) is 11.8. The molecule has 0 aromatic heterocycles. The molecule has 3 nitrogen and oxygen atoms in total. The fourth-order valence-electron chi connectivity index (χ4n) is 3.50. The van der Waals surface area contributed by atoms with Gasteiger partial charge in [-0.05, 0) is 25.7 Å².